The molecule has 1 atom stereocenters. The molecule has 3 heteroatoms. The van der Waals surface area contributed by atoms with E-state index in [-0.39, 0.29) is 5.91 Å². The lowest BCUT2D eigenvalue weighted by Crippen LogP contribution is -2.12. The van der Waals surface area contributed by atoms with Gasteiger partial charge in [-0.15, -0.1) is 0 Å². The fourth-order valence-corrected chi connectivity index (χ4v) is 2.29. The largest absolute Gasteiger partial charge is 0.494 e. The third-order valence-corrected chi connectivity index (χ3v) is 3.94. The minimum Gasteiger partial charge on any atom is -0.494 e. The van der Waals surface area contributed by atoms with Crippen molar-refractivity contribution in [2.75, 3.05) is 11.9 Å². The van der Waals surface area contributed by atoms with Gasteiger partial charge in [-0.25, -0.2) is 0 Å². The first-order chi connectivity index (χ1) is 11.2. The summed E-state index contributed by atoms with van der Waals surface area (Å²) < 4.78 is 5.58. The smallest absolute Gasteiger partial charge is 0.224 e. The van der Waals surface area contributed by atoms with Gasteiger partial charge in [0, 0.05) is 12.1 Å². The van der Waals surface area contributed by atoms with Gasteiger partial charge >= 0.3 is 0 Å². The Morgan fingerprint density at radius 1 is 1.09 bits per heavy atom. The molecule has 0 aliphatic carbocycles. The second-order valence-electron chi connectivity index (χ2n) is 5.74. The number of rotatable bonds is 8. The Kier molecular flexibility index (Phi) is 6.67. The van der Waals surface area contributed by atoms with Crippen molar-refractivity contribution < 1.29 is 9.53 Å². The van der Waals surface area contributed by atoms with Crippen molar-refractivity contribution in [1.82, 2.24) is 0 Å². The Labute approximate surface area is 138 Å². The number of ether oxygens (including phenoxy) is 1. The minimum absolute atomic E-state index is 0.0259. The van der Waals surface area contributed by atoms with Crippen LogP contribution in [0.25, 0.3) is 0 Å². The molecule has 2 rings (SSSR count). The third kappa shape index (κ3) is 5.78. The molecule has 0 aliphatic heterocycles. The zero-order chi connectivity index (χ0) is 16.5. The summed E-state index contributed by atoms with van der Waals surface area (Å²) in [6.07, 6.45) is 2.28. The van der Waals surface area contributed by atoms with Crippen LogP contribution in [0.3, 0.4) is 0 Å². The fraction of sp³-hybridized carbons (Fsp3) is 0.350. The summed E-state index contributed by atoms with van der Waals surface area (Å²) in [6.45, 7) is 4.93. The molecular weight excluding hydrogens is 286 g/mol. The van der Waals surface area contributed by atoms with Gasteiger partial charge < -0.3 is 10.1 Å². The number of anilines is 1. The first-order valence-electron chi connectivity index (χ1n) is 8.26. The summed E-state index contributed by atoms with van der Waals surface area (Å²) >= 11 is 0. The van der Waals surface area contributed by atoms with Crippen LogP contribution in [0.2, 0.25) is 0 Å². The maximum absolute atomic E-state index is 11.9. The Morgan fingerprint density at radius 3 is 2.43 bits per heavy atom. The van der Waals surface area contributed by atoms with Gasteiger partial charge in [0.15, 0.2) is 0 Å². The molecule has 0 aliphatic rings. The number of nitrogens with one attached hydrogen (secondary N) is 1. The second kappa shape index (κ2) is 8.99. The summed E-state index contributed by atoms with van der Waals surface area (Å²) in [6, 6.07) is 17.8. The van der Waals surface area contributed by atoms with E-state index in [0.717, 1.165) is 17.9 Å². The number of hydrogen-bond donors (Lipinski definition) is 1. The Morgan fingerprint density at radius 2 is 1.78 bits per heavy atom. The van der Waals surface area contributed by atoms with Gasteiger partial charge in [-0.3, -0.25) is 4.79 Å². The third-order valence-electron chi connectivity index (χ3n) is 3.94. The number of para-hydroxylation sites is 1. The molecule has 1 amide bonds. The van der Waals surface area contributed by atoms with E-state index in [4.69, 9.17) is 4.74 Å². The van der Waals surface area contributed by atoms with Crippen LogP contribution in [0.5, 0.6) is 5.75 Å². The van der Waals surface area contributed by atoms with Crippen molar-refractivity contribution in [3.63, 3.8) is 0 Å². The Hall–Kier alpha value is -2.29. The lowest BCUT2D eigenvalue weighted by molar-refractivity contribution is -0.116. The van der Waals surface area contributed by atoms with E-state index in [9.17, 15) is 4.79 Å². The summed E-state index contributed by atoms with van der Waals surface area (Å²) in [4.78, 5) is 11.9. The summed E-state index contributed by atoms with van der Waals surface area (Å²) in [5.41, 5.74) is 2.16. The van der Waals surface area contributed by atoms with E-state index in [1.807, 2.05) is 42.5 Å². The maximum atomic E-state index is 11.9. The molecule has 0 saturated carbocycles. The van der Waals surface area contributed by atoms with E-state index < -0.39 is 0 Å². The highest BCUT2D eigenvalue weighted by Gasteiger charge is 2.05. The van der Waals surface area contributed by atoms with Gasteiger partial charge in [-0.1, -0.05) is 44.2 Å². The van der Waals surface area contributed by atoms with Gasteiger partial charge in [0.1, 0.15) is 5.75 Å². The average molecular weight is 311 g/mol. The molecule has 0 bridgehead atoms. The molecule has 0 radical (unpaired) electrons. The van der Waals surface area contributed by atoms with Crippen LogP contribution in [-0.2, 0) is 4.79 Å². The lowest BCUT2D eigenvalue weighted by Gasteiger charge is -2.10. The predicted molar refractivity (Wildman–Crippen MR) is 94.9 cm³/mol. The van der Waals surface area contributed by atoms with Gasteiger partial charge in [-0.05, 0) is 48.6 Å². The highest BCUT2D eigenvalue weighted by Crippen LogP contribution is 2.20. The van der Waals surface area contributed by atoms with Crippen LogP contribution in [0.1, 0.15) is 44.6 Å². The zero-order valence-electron chi connectivity index (χ0n) is 13.9. The standard InChI is InChI=1S/C20H25NO2/c1-3-16(2)17-11-13-18(14-12-17)21-20(22)10-7-15-23-19-8-5-4-6-9-19/h4-6,8-9,11-14,16H,3,7,10,15H2,1-2H3,(H,21,22)/t16-/m1/s1. The normalized spacial score (nSPS) is 11.7. The molecule has 0 fully saturated rings. The van der Waals surface area contributed by atoms with Crippen LogP contribution >= 0.6 is 0 Å². The predicted octanol–water partition coefficient (Wildman–Crippen LogP) is 5.00. The SMILES string of the molecule is CC[C@@H](C)c1ccc(NC(=O)CCCOc2ccccc2)cc1. The van der Waals surface area contributed by atoms with Gasteiger partial charge in [-0.2, -0.15) is 0 Å². The topological polar surface area (TPSA) is 38.3 Å². The van der Waals surface area contributed by atoms with Crippen molar-refractivity contribution in [3.8, 4) is 5.75 Å². The summed E-state index contributed by atoms with van der Waals surface area (Å²) in [7, 11) is 0. The molecule has 3 nitrogen and oxygen atoms in total. The molecule has 0 unspecified atom stereocenters. The maximum Gasteiger partial charge on any atom is 0.224 e. The summed E-state index contributed by atoms with van der Waals surface area (Å²) in [5.74, 6) is 1.42. The minimum atomic E-state index is 0.0259. The number of benzene rings is 2. The molecule has 0 heterocycles. The van der Waals surface area contributed by atoms with Crippen molar-refractivity contribution in [1.29, 1.82) is 0 Å². The molecule has 0 saturated heterocycles. The van der Waals surface area contributed by atoms with Crippen molar-refractivity contribution in [3.05, 3.63) is 60.2 Å². The zero-order valence-corrected chi connectivity index (χ0v) is 13.9. The van der Waals surface area contributed by atoms with E-state index in [1.165, 1.54) is 5.56 Å². The molecule has 0 aromatic heterocycles. The molecule has 1 N–H and O–H groups in total. The molecule has 23 heavy (non-hydrogen) atoms. The molecule has 122 valence electrons. The summed E-state index contributed by atoms with van der Waals surface area (Å²) in [5, 5.41) is 2.93. The van der Waals surface area contributed by atoms with Gasteiger partial charge in [0.2, 0.25) is 5.91 Å². The Balaban J connectivity index is 1.70. The van der Waals surface area contributed by atoms with Crippen LogP contribution in [0.15, 0.2) is 54.6 Å². The van der Waals surface area contributed by atoms with Crippen LogP contribution in [0.4, 0.5) is 5.69 Å². The first-order valence-corrected chi connectivity index (χ1v) is 8.26. The highest BCUT2D eigenvalue weighted by molar-refractivity contribution is 5.90. The van der Waals surface area contributed by atoms with Crippen LogP contribution in [0, 0.1) is 0 Å². The number of amides is 1. The molecule has 2 aromatic rings. The van der Waals surface area contributed by atoms with Crippen molar-refractivity contribution >= 4 is 11.6 Å². The fourth-order valence-electron chi connectivity index (χ4n) is 2.29. The van der Waals surface area contributed by atoms with Crippen molar-refractivity contribution in [2.24, 2.45) is 0 Å². The van der Waals surface area contributed by atoms with E-state index in [0.29, 0.717) is 25.4 Å². The number of carbonyl (C=O) groups excluding carboxylic acids is 1. The molecular formula is C20H25NO2. The van der Waals surface area contributed by atoms with E-state index >= 15 is 0 Å². The van der Waals surface area contributed by atoms with Crippen LogP contribution < -0.4 is 10.1 Å². The number of hydrogen-bond acceptors (Lipinski definition) is 2. The van der Waals surface area contributed by atoms with E-state index in [1.54, 1.807) is 0 Å². The quantitative estimate of drug-likeness (QED) is 0.697. The first kappa shape index (κ1) is 17.1. The monoisotopic (exact) mass is 311 g/mol. The van der Waals surface area contributed by atoms with Crippen LogP contribution in [-0.4, -0.2) is 12.5 Å². The van der Waals surface area contributed by atoms with Gasteiger partial charge in [0.25, 0.3) is 0 Å². The second-order valence-corrected chi connectivity index (χ2v) is 5.74. The Bertz CT molecular complexity index is 593. The van der Waals surface area contributed by atoms with Gasteiger partial charge in [0.05, 0.1) is 6.61 Å². The molecule has 0 spiro atoms. The average Bonchev–Trinajstić information content (AvgIpc) is 2.59. The molecule has 2 aromatic carbocycles. The lowest BCUT2D eigenvalue weighted by atomic mass is 9.99. The highest BCUT2D eigenvalue weighted by atomic mass is 16.5. The number of carbonyl (C=O) groups is 1. The van der Waals surface area contributed by atoms with Crippen molar-refractivity contribution in [2.45, 2.75) is 39.0 Å². The van der Waals surface area contributed by atoms with E-state index in [2.05, 4.69) is 31.3 Å².